The Bertz CT molecular complexity index is 971. The topological polar surface area (TPSA) is 278 Å². The van der Waals surface area contributed by atoms with E-state index in [9.17, 15) is 48.9 Å². The number of aliphatic hydroxyl groups is 2. The van der Waals surface area contributed by atoms with E-state index in [4.69, 9.17) is 5.73 Å². The van der Waals surface area contributed by atoms with Crippen LogP contribution in [0.25, 0.3) is 0 Å². The van der Waals surface area contributed by atoms with Crippen molar-refractivity contribution >= 4 is 41.4 Å². The molecular weight excluding hydrogens is 558 g/mol. The van der Waals surface area contributed by atoms with E-state index in [0.29, 0.717) is 0 Å². The van der Waals surface area contributed by atoms with Gasteiger partial charge in [-0.25, -0.2) is 4.79 Å². The molecule has 0 aromatic heterocycles. The quantitative estimate of drug-likeness (QED) is 0.0715. The SMILES string of the molecule is CC(C)C[C@H](NC(=O)CNC(=O)CNC(=O)[C@@H](NC(=O)[C@@H](NC(=O)[C@H](CO)NC(=O)[C@H](C)N)[C@@H](C)O)C(C)C)C(=O)O. The highest BCUT2D eigenvalue weighted by molar-refractivity contribution is 5.96. The molecule has 0 rings (SSSR count). The van der Waals surface area contributed by atoms with Crippen molar-refractivity contribution in [1.29, 1.82) is 0 Å². The van der Waals surface area contributed by atoms with E-state index in [2.05, 4.69) is 31.9 Å². The molecule has 0 aromatic rings. The Morgan fingerprint density at radius 1 is 0.667 bits per heavy atom. The van der Waals surface area contributed by atoms with E-state index >= 15 is 0 Å². The van der Waals surface area contributed by atoms with Gasteiger partial charge in [0.15, 0.2) is 0 Å². The minimum absolute atomic E-state index is 0.00290. The number of aliphatic hydroxyl groups excluding tert-OH is 2. The third kappa shape index (κ3) is 14.2. The summed E-state index contributed by atoms with van der Waals surface area (Å²) in [4.78, 5) is 85.4. The number of rotatable bonds is 18. The van der Waals surface area contributed by atoms with Gasteiger partial charge in [-0.3, -0.25) is 28.8 Å². The molecule has 0 bridgehead atoms. The second kappa shape index (κ2) is 18.6. The van der Waals surface area contributed by atoms with Crippen LogP contribution < -0.4 is 37.6 Å². The number of carbonyl (C=O) groups excluding carboxylic acids is 6. The fraction of sp³-hybridized carbons (Fsp3) is 0.720. The summed E-state index contributed by atoms with van der Waals surface area (Å²) in [6.45, 7) is 7.39. The maximum Gasteiger partial charge on any atom is 0.326 e. The zero-order valence-corrected chi connectivity index (χ0v) is 24.7. The molecule has 6 atom stereocenters. The summed E-state index contributed by atoms with van der Waals surface area (Å²) >= 11 is 0. The van der Waals surface area contributed by atoms with E-state index in [0.717, 1.165) is 0 Å². The molecule has 0 aliphatic rings. The van der Waals surface area contributed by atoms with E-state index < -0.39 is 103 Å². The van der Waals surface area contributed by atoms with Crippen LogP contribution in [0.3, 0.4) is 0 Å². The zero-order chi connectivity index (χ0) is 32.7. The number of carbonyl (C=O) groups is 7. The lowest BCUT2D eigenvalue weighted by molar-refractivity contribution is -0.142. The van der Waals surface area contributed by atoms with E-state index in [1.807, 2.05) is 0 Å². The summed E-state index contributed by atoms with van der Waals surface area (Å²) in [7, 11) is 0. The second-order valence-corrected chi connectivity index (χ2v) is 10.6. The first-order valence-corrected chi connectivity index (χ1v) is 13.4. The predicted octanol–water partition coefficient (Wildman–Crippen LogP) is -4.34. The van der Waals surface area contributed by atoms with Crippen LogP contribution in [0, 0.1) is 11.8 Å². The lowest BCUT2D eigenvalue weighted by Gasteiger charge is -2.27. The molecule has 0 spiro atoms. The average molecular weight is 604 g/mol. The van der Waals surface area contributed by atoms with Crippen LogP contribution in [-0.4, -0.2) is 113 Å². The van der Waals surface area contributed by atoms with Gasteiger partial charge in [0, 0.05) is 0 Å². The molecule has 6 amide bonds. The molecule has 0 heterocycles. The van der Waals surface area contributed by atoms with Gasteiger partial charge in [-0.1, -0.05) is 27.7 Å². The lowest BCUT2D eigenvalue weighted by atomic mass is 10.0. The van der Waals surface area contributed by atoms with Crippen molar-refractivity contribution in [3.8, 4) is 0 Å². The number of aliphatic carboxylic acids is 1. The Hall–Kier alpha value is -3.83. The molecule has 0 radical (unpaired) electrons. The third-order valence-corrected chi connectivity index (χ3v) is 5.75. The Kier molecular flexibility index (Phi) is 16.9. The molecule has 0 aliphatic heterocycles. The Morgan fingerprint density at radius 3 is 1.67 bits per heavy atom. The van der Waals surface area contributed by atoms with Gasteiger partial charge in [0.2, 0.25) is 35.4 Å². The summed E-state index contributed by atoms with van der Waals surface area (Å²) in [6, 6.07) is -6.37. The van der Waals surface area contributed by atoms with Gasteiger partial charge in [0.1, 0.15) is 24.2 Å². The van der Waals surface area contributed by atoms with Gasteiger partial charge in [-0.2, -0.15) is 0 Å². The molecular formula is C25H45N7O10. The van der Waals surface area contributed by atoms with Crippen molar-refractivity contribution in [3.63, 3.8) is 0 Å². The van der Waals surface area contributed by atoms with Crippen molar-refractivity contribution in [3.05, 3.63) is 0 Å². The van der Waals surface area contributed by atoms with Gasteiger partial charge in [0.25, 0.3) is 0 Å². The molecule has 0 saturated heterocycles. The summed E-state index contributed by atoms with van der Waals surface area (Å²) in [5.74, 6) is -6.69. The smallest absolute Gasteiger partial charge is 0.326 e. The Balaban J connectivity index is 5.13. The van der Waals surface area contributed by atoms with Crippen molar-refractivity contribution in [2.45, 2.75) is 84.3 Å². The van der Waals surface area contributed by atoms with E-state index in [-0.39, 0.29) is 12.3 Å². The number of hydrogen-bond donors (Lipinski definition) is 10. The minimum Gasteiger partial charge on any atom is -0.480 e. The van der Waals surface area contributed by atoms with Gasteiger partial charge in [0.05, 0.1) is 31.8 Å². The summed E-state index contributed by atoms with van der Waals surface area (Å²) < 4.78 is 0. The monoisotopic (exact) mass is 603 g/mol. The van der Waals surface area contributed by atoms with Crippen molar-refractivity contribution in [1.82, 2.24) is 31.9 Å². The van der Waals surface area contributed by atoms with Crippen LogP contribution in [-0.2, 0) is 33.6 Å². The Morgan fingerprint density at radius 2 is 1.21 bits per heavy atom. The first kappa shape index (κ1) is 38.2. The van der Waals surface area contributed by atoms with Gasteiger partial charge >= 0.3 is 5.97 Å². The average Bonchev–Trinajstić information content (AvgIpc) is 2.88. The normalized spacial score (nSPS) is 15.3. The second-order valence-electron chi connectivity index (χ2n) is 10.6. The van der Waals surface area contributed by atoms with Crippen LogP contribution in [0.1, 0.15) is 48.0 Å². The number of carboxylic acid groups (broad SMARTS) is 1. The van der Waals surface area contributed by atoms with Gasteiger partial charge in [-0.15, -0.1) is 0 Å². The van der Waals surface area contributed by atoms with Crippen molar-refractivity contribution in [2.24, 2.45) is 17.6 Å². The highest BCUT2D eigenvalue weighted by atomic mass is 16.4. The molecule has 17 nitrogen and oxygen atoms in total. The van der Waals surface area contributed by atoms with Crippen molar-refractivity contribution < 1.29 is 48.9 Å². The third-order valence-electron chi connectivity index (χ3n) is 5.75. The predicted molar refractivity (Wildman–Crippen MR) is 148 cm³/mol. The standard InChI is InChI=1S/C25H45N7O10/c1-11(2)7-15(25(41)42)29-18(36)9-27-17(35)8-28-23(39)19(12(3)4)31-24(40)20(14(6)34)32-22(38)16(10-33)30-21(37)13(5)26/h11-16,19-20,33-34H,7-10,26H2,1-6H3,(H,27,35)(H,28,39)(H,29,36)(H,30,37)(H,31,40)(H,32,38)(H,41,42)/t13-,14+,15-,16-,19-,20-/m0/s1. The van der Waals surface area contributed by atoms with Crippen LogP contribution >= 0.6 is 0 Å². The van der Waals surface area contributed by atoms with E-state index in [1.165, 1.54) is 13.8 Å². The first-order chi connectivity index (χ1) is 19.4. The molecule has 0 aliphatic carbocycles. The molecule has 17 heteroatoms. The first-order valence-electron chi connectivity index (χ1n) is 13.4. The number of carboxylic acids is 1. The molecule has 0 saturated carbocycles. The highest BCUT2D eigenvalue weighted by Crippen LogP contribution is 2.06. The fourth-order valence-electron chi connectivity index (χ4n) is 3.39. The van der Waals surface area contributed by atoms with Crippen LogP contribution in [0.4, 0.5) is 0 Å². The fourth-order valence-corrected chi connectivity index (χ4v) is 3.39. The zero-order valence-electron chi connectivity index (χ0n) is 24.7. The Labute approximate surface area is 244 Å². The van der Waals surface area contributed by atoms with Crippen LogP contribution in [0.5, 0.6) is 0 Å². The largest absolute Gasteiger partial charge is 0.480 e. The molecule has 0 aromatic carbocycles. The molecule has 42 heavy (non-hydrogen) atoms. The number of hydrogen-bond acceptors (Lipinski definition) is 10. The van der Waals surface area contributed by atoms with Crippen molar-refractivity contribution in [2.75, 3.05) is 19.7 Å². The number of amides is 6. The maximum absolute atomic E-state index is 12.9. The molecule has 0 fully saturated rings. The summed E-state index contributed by atoms with van der Waals surface area (Å²) in [6.07, 6.45) is -1.26. The summed E-state index contributed by atoms with van der Waals surface area (Å²) in [5.41, 5.74) is 5.43. The minimum atomic E-state index is -1.58. The lowest BCUT2D eigenvalue weighted by Crippen LogP contribution is -2.61. The number of nitrogens with one attached hydrogen (secondary N) is 6. The molecule has 0 unspecified atom stereocenters. The van der Waals surface area contributed by atoms with Crippen LogP contribution in [0.2, 0.25) is 0 Å². The molecule has 11 N–H and O–H groups in total. The molecule has 240 valence electrons. The van der Waals surface area contributed by atoms with Gasteiger partial charge < -0.3 is 53.0 Å². The maximum atomic E-state index is 12.9. The highest BCUT2D eigenvalue weighted by Gasteiger charge is 2.33. The summed E-state index contributed by atoms with van der Waals surface area (Å²) in [5, 5.41) is 42.4. The number of nitrogens with two attached hydrogens (primary N) is 1. The van der Waals surface area contributed by atoms with Gasteiger partial charge in [-0.05, 0) is 32.1 Å². The van der Waals surface area contributed by atoms with Crippen LogP contribution in [0.15, 0.2) is 0 Å². The van der Waals surface area contributed by atoms with E-state index in [1.54, 1.807) is 27.7 Å².